The van der Waals surface area contributed by atoms with Crippen molar-refractivity contribution in [3.8, 4) is 5.75 Å². The maximum atomic E-state index is 11.0. The van der Waals surface area contributed by atoms with E-state index in [1.54, 1.807) is 20.2 Å². The summed E-state index contributed by atoms with van der Waals surface area (Å²) < 4.78 is 5.21. The third-order valence-corrected chi connectivity index (χ3v) is 2.05. The predicted octanol–water partition coefficient (Wildman–Crippen LogP) is 1.76. The molecule has 0 aromatic heterocycles. The lowest BCUT2D eigenvalue weighted by molar-refractivity contribution is -0.115. The van der Waals surface area contributed by atoms with Crippen LogP contribution in [0.1, 0.15) is 11.1 Å². The first-order valence-electron chi connectivity index (χ1n) is 4.72. The van der Waals surface area contributed by atoms with E-state index >= 15 is 0 Å². The number of methoxy groups -OCH3 is 1. The first kappa shape index (κ1) is 11.3. The maximum Gasteiger partial charge on any atom is 0.243 e. The van der Waals surface area contributed by atoms with Gasteiger partial charge < -0.3 is 10.1 Å². The van der Waals surface area contributed by atoms with E-state index in [0.717, 1.165) is 16.9 Å². The molecule has 0 aliphatic rings. The van der Waals surface area contributed by atoms with Crippen molar-refractivity contribution < 1.29 is 9.53 Å². The molecule has 1 N–H and O–H groups in total. The number of likely N-dealkylation sites (N-methyl/N-ethyl adjacent to an activating group) is 1. The molecule has 1 aromatic carbocycles. The molecule has 3 heteroatoms. The highest BCUT2D eigenvalue weighted by molar-refractivity contribution is 5.91. The van der Waals surface area contributed by atoms with Crippen LogP contribution in [0.2, 0.25) is 0 Å². The smallest absolute Gasteiger partial charge is 0.243 e. The molecule has 0 bridgehead atoms. The Labute approximate surface area is 89.8 Å². The van der Waals surface area contributed by atoms with E-state index in [1.807, 2.05) is 25.1 Å². The van der Waals surface area contributed by atoms with Crippen LogP contribution in [0.3, 0.4) is 0 Å². The quantitative estimate of drug-likeness (QED) is 0.764. The number of carbonyl (C=O) groups is 1. The van der Waals surface area contributed by atoms with Crippen LogP contribution >= 0.6 is 0 Å². The van der Waals surface area contributed by atoms with E-state index in [2.05, 4.69) is 5.32 Å². The third kappa shape index (κ3) is 3.13. The summed E-state index contributed by atoms with van der Waals surface area (Å²) in [5.41, 5.74) is 2.02. The number of rotatable bonds is 3. The van der Waals surface area contributed by atoms with E-state index in [1.165, 1.54) is 6.08 Å². The second kappa shape index (κ2) is 5.20. The molecule has 0 saturated carbocycles. The van der Waals surface area contributed by atoms with Gasteiger partial charge in [0.25, 0.3) is 0 Å². The lowest BCUT2D eigenvalue weighted by Gasteiger charge is -2.05. The summed E-state index contributed by atoms with van der Waals surface area (Å²) in [7, 11) is 3.21. The van der Waals surface area contributed by atoms with Crippen molar-refractivity contribution in [2.75, 3.05) is 14.2 Å². The Morgan fingerprint density at radius 2 is 2.20 bits per heavy atom. The van der Waals surface area contributed by atoms with Crippen LogP contribution in [-0.4, -0.2) is 20.1 Å². The zero-order valence-corrected chi connectivity index (χ0v) is 9.20. The fourth-order valence-electron chi connectivity index (χ4n) is 1.20. The number of aryl methyl sites for hydroxylation is 1. The van der Waals surface area contributed by atoms with Gasteiger partial charge >= 0.3 is 0 Å². The summed E-state index contributed by atoms with van der Waals surface area (Å²) in [6.45, 7) is 1.99. The number of hydrogen-bond acceptors (Lipinski definition) is 2. The summed E-state index contributed by atoms with van der Waals surface area (Å²) in [4.78, 5) is 11.0. The molecule has 0 heterocycles. The average molecular weight is 205 g/mol. The molecule has 0 aliphatic heterocycles. The largest absolute Gasteiger partial charge is 0.496 e. The second-order valence-corrected chi connectivity index (χ2v) is 3.19. The van der Waals surface area contributed by atoms with Gasteiger partial charge in [0.1, 0.15) is 5.75 Å². The van der Waals surface area contributed by atoms with Crippen LogP contribution in [0.4, 0.5) is 0 Å². The Morgan fingerprint density at radius 1 is 1.47 bits per heavy atom. The van der Waals surface area contributed by atoms with Crippen molar-refractivity contribution in [2.24, 2.45) is 0 Å². The second-order valence-electron chi connectivity index (χ2n) is 3.19. The molecule has 0 aliphatic carbocycles. The molecule has 0 unspecified atom stereocenters. The molecule has 0 fully saturated rings. The number of ether oxygens (including phenoxy) is 1. The summed E-state index contributed by atoms with van der Waals surface area (Å²) in [6, 6.07) is 5.84. The lowest BCUT2D eigenvalue weighted by atomic mass is 10.1. The minimum atomic E-state index is -0.127. The number of hydrogen-bond donors (Lipinski definition) is 1. The molecular weight excluding hydrogens is 190 g/mol. The summed E-state index contributed by atoms with van der Waals surface area (Å²) in [6.07, 6.45) is 3.21. The van der Waals surface area contributed by atoms with Gasteiger partial charge in [0.05, 0.1) is 7.11 Å². The Kier molecular flexibility index (Phi) is 3.92. The van der Waals surface area contributed by atoms with Crippen molar-refractivity contribution >= 4 is 12.0 Å². The van der Waals surface area contributed by atoms with Crippen LogP contribution < -0.4 is 10.1 Å². The topological polar surface area (TPSA) is 38.3 Å². The van der Waals surface area contributed by atoms with Crippen molar-refractivity contribution in [3.05, 3.63) is 35.4 Å². The molecule has 3 nitrogen and oxygen atoms in total. The Hall–Kier alpha value is -1.77. The monoisotopic (exact) mass is 205 g/mol. The van der Waals surface area contributed by atoms with Crippen LogP contribution in [0.15, 0.2) is 24.3 Å². The number of benzene rings is 1. The molecule has 1 rings (SSSR count). The summed E-state index contributed by atoms with van der Waals surface area (Å²) in [5.74, 6) is 0.646. The van der Waals surface area contributed by atoms with Crippen molar-refractivity contribution in [3.63, 3.8) is 0 Å². The van der Waals surface area contributed by atoms with E-state index in [-0.39, 0.29) is 5.91 Å². The molecule has 0 spiro atoms. The maximum absolute atomic E-state index is 11.0. The van der Waals surface area contributed by atoms with Gasteiger partial charge in [-0.1, -0.05) is 12.1 Å². The SMILES string of the molecule is CNC(=O)C=Cc1ccc(C)cc1OC. The van der Waals surface area contributed by atoms with E-state index in [9.17, 15) is 4.79 Å². The summed E-state index contributed by atoms with van der Waals surface area (Å²) >= 11 is 0. The van der Waals surface area contributed by atoms with E-state index < -0.39 is 0 Å². The molecule has 80 valence electrons. The first-order chi connectivity index (χ1) is 7.17. The van der Waals surface area contributed by atoms with Crippen molar-refractivity contribution in [2.45, 2.75) is 6.92 Å². The lowest BCUT2D eigenvalue weighted by Crippen LogP contribution is -2.13. The van der Waals surface area contributed by atoms with Gasteiger partial charge in [0, 0.05) is 18.7 Å². The van der Waals surface area contributed by atoms with Crippen LogP contribution in [0, 0.1) is 6.92 Å². The van der Waals surface area contributed by atoms with Gasteiger partial charge in [-0.05, 0) is 24.6 Å². The fraction of sp³-hybridized carbons (Fsp3) is 0.250. The highest BCUT2D eigenvalue weighted by Gasteiger charge is 1.99. The fourth-order valence-corrected chi connectivity index (χ4v) is 1.20. The third-order valence-electron chi connectivity index (χ3n) is 2.05. The summed E-state index contributed by atoms with van der Waals surface area (Å²) in [5, 5.41) is 2.52. The molecule has 1 amide bonds. The van der Waals surface area contributed by atoms with Crippen molar-refractivity contribution in [1.82, 2.24) is 5.32 Å². The van der Waals surface area contributed by atoms with Gasteiger partial charge in [0.15, 0.2) is 0 Å². The minimum absolute atomic E-state index is 0.127. The number of amides is 1. The van der Waals surface area contributed by atoms with Gasteiger partial charge in [-0.15, -0.1) is 0 Å². The van der Waals surface area contributed by atoms with Crippen LogP contribution in [0.5, 0.6) is 5.75 Å². The molecule has 0 saturated heterocycles. The van der Waals surface area contributed by atoms with Gasteiger partial charge in [-0.3, -0.25) is 4.79 Å². The predicted molar refractivity (Wildman–Crippen MR) is 60.8 cm³/mol. The standard InChI is InChI=1S/C12H15NO2/c1-9-4-5-10(11(8-9)15-3)6-7-12(14)13-2/h4-8H,1-3H3,(H,13,14). The zero-order valence-electron chi connectivity index (χ0n) is 9.20. The molecule has 0 radical (unpaired) electrons. The van der Waals surface area contributed by atoms with Crippen LogP contribution in [0.25, 0.3) is 6.08 Å². The Morgan fingerprint density at radius 3 is 2.80 bits per heavy atom. The molecule has 0 atom stereocenters. The molecule has 15 heavy (non-hydrogen) atoms. The Bertz CT molecular complexity index is 383. The molecule has 1 aromatic rings. The van der Waals surface area contributed by atoms with E-state index in [0.29, 0.717) is 0 Å². The highest BCUT2D eigenvalue weighted by atomic mass is 16.5. The zero-order chi connectivity index (χ0) is 11.3. The average Bonchev–Trinajstić information content (AvgIpc) is 2.26. The highest BCUT2D eigenvalue weighted by Crippen LogP contribution is 2.20. The van der Waals surface area contributed by atoms with Gasteiger partial charge in [-0.25, -0.2) is 0 Å². The number of nitrogens with one attached hydrogen (secondary N) is 1. The normalized spacial score (nSPS) is 10.3. The Balaban J connectivity index is 2.94. The first-order valence-corrected chi connectivity index (χ1v) is 4.72. The van der Waals surface area contributed by atoms with Crippen molar-refractivity contribution in [1.29, 1.82) is 0 Å². The van der Waals surface area contributed by atoms with Crippen LogP contribution in [-0.2, 0) is 4.79 Å². The molecular formula is C12H15NO2. The van der Waals surface area contributed by atoms with Gasteiger partial charge in [0.2, 0.25) is 5.91 Å². The number of carbonyl (C=O) groups excluding carboxylic acids is 1. The van der Waals surface area contributed by atoms with E-state index in [4.69, 9.17) is 4.74 Å². The van der Waals surface area contributed by atoms with Gasteiger partial charge in [-0.2, -0.15) is 0 Å². The minimum Gasteiger partial charge on any atom is -0.496 e.